The van der Waals surface area contributed by atoms with Gasteiger partial charge < -0.3 is 4.79 Å². The van der Waals surface area contributed by atoms with E-state index in [-0.39, 0.29) is 0 Å². The molecule has 134 valence electrons. The van der Waals surface area contributed by atoms with Gasteiger partial charge in [-0.15, -0.1) is 0 Å². The molecule has 0 fully saturated rings. The number of hydrogen-bond acceptors (Lipinski definition) is 1. The maximum atomic E-state index is 10.8. The summed E-state index contributed by atoms with van der Waals surface area (Å²) in [6.45, 7) is 6.31. The minimum Gasteiger partial charge on any atom is -0.300 e. The predicted molar refractivity (Wildman–Crippen MR) is 104 cm³/mol. The van der Waals surface area contributed by atoms with E-state index in [1.165, 1.54) is 51.4 Å². The average Bonchev–Trinajstić information content (AvgIpc) is 2.49. The Morgan fingerprint density at radius 2 is 1.26 bits per heavy atom. The first-order valence-corrected chi connectivity index (χ1v) is 9.92. The van der Waals surface area contributed by atoms with Gasteiger partial charge in [0, 0.05) is 6.42 Å². The van der Waals surface area contributed by atoms with Crippen LogP contribution in [-0.4, -0.2) is 5.78 Å². The van der Waals surface area contributed by atoms with Crippen molar-refractivity contribution in [3.8, 4) is 0 Å². The van der Waals surface area contributed by atoms with E-state index < -0.39 is 0 Å². The fraction of sp³-hybridized carbons (Fsp3) is 0.773. The lowest BCUT2D eigenvalue weighted by atomic mass is 10.0. The van der Waals surface area contributed by atoms with Crippen LogP contribution >= 0.6 is 0 Å². The average molecular weight is 321 g/mol. The fourth-order valence-electron chi connectivity index (χ4n) is 2.66. The molecule has 0 aliphatic heterocycles. The first kappa shape index (κ1) is 22.1. The summed E-state index contributed by atoms with van der Waals surface area (Å²) in [6.07, 6.45) is 25.2. The molecule has 0 aromatic heterocycles. The van der Waals surface area contributed by atoms with Gasteiger partial charge in [0.2, 0.25) is 0 Å². The second-order valence-electron chi connectivity index (χ2n) is 7.22. The van der Waals surface area contributed by atoms with Crippen molar-refractivity contribution >= 4 is 5.78 Å². The van der Waals surface area contributed by atoms with Crippen LogP contribution in [0.4, 0.5) is 0 Å². The highest BCUT2D eigenvalue weighted by atomic mass is 16.1. The molecule has 0 rings (SSSR count). The van der Waals surface area contributed by atoms with Crippen LogP contribution in [-0.2, 0) is 4.79 Å². The summed E-state index contributed by atoms with van der Waals surface area (Å²) in [6, 6.07) is 0. The largest absolute Gasteiger partial charge is 0.300 e. The molecule has 0 radical (unpaired) electrons. The molecule has 23 heavy (non-hydrogen) atoms. The van der Waals surface area contributed by atoms with Crippen molar-refractivity contribution in [3.05, 3.63) is 24.3 Å². The molecule has 0 aromatic carbocycles. The molecule has 1 nitrogen and oxygen atoms in total. The van der Waals surface area contributed by atoms with E-state index in [2.05, 4.69) is 38.2 Å². The Hall–Kier alpha value is -0.850. The van der Waals surface area contributed by atoms with Crippen molar-refractivity contribution in [2.75, 3.05) is 0 Å². The van der Waals surface area contributed by atoms with Crippen LogP contribution in [0.2, 0.25) is 0 Å². The topological polar surface area (TPSA) is 17.1 Å². The van der Waals surface area contributed by atoms with E-state index in [1.54, 1.807) is 6.92 Å². The third-order valence-electron chi connectivity index (χ3n) is 4.16. The number of unbranched alkanes of at least 4 members (excludes halogenated alkanes) is 8. The van der Waals surface area contributed by atoms with Crippen LogP contribution in [0.1, 0.15) is 104 Å². The van der Waals surface area contributed by atoms with Crippen LogP contribution in [0, 0.1) is 5.92 Å². The zero-order valence-electron chi connectivity index (χ0n) is 16.0. The monoisotopic (exact) mass is 320 g/mol. The molecule has 0 unspecified atom stereocenters. The smallest absolute Gasteiger partial charge is 0.129 e. The number of rotatable bonds is 16. The quantitative estimate of drug-likeness (QED) is 0.214. The fourth-order valence-corrected chi connectivity index (χ4v) is 2.66. The normalized spacial score (nSPS) is 12.0. The second kappa shape index (κ2) is 17.5. The molecule has 0 spiro atoms. The number of ketones is 1. The second-order valence-corrected chi connectivity index (χ2v) is 7.22. The molecule has 0 heterocycles. The van der Waals surface area contributed by atoms with Crippen LogP contribution in [0.5, 0.6) is 0 Å². The van der Waals surface area contributed by atoms with Crippen molar-refractivity contribution < 1.29 is 4.79 Å². The van der Waals surface area contributed by atoms with E-state index in [4.69, 9.17) is 0 Å². The highest BCUT2D eigenvalue weighted by molar-refractivity contribution is 5.75. The molecule has 0 bridgehead atoms. The van der Waals surface area contributed by atoms with Gasteiger partial charge in [0.1, 0.15) is 5.78 Å². The highest BCUT2D eigenvalue weighted by Gasteiger charge is 1.94. The van der Waals surface area contributed by atoms with Gasteiger partial charge in [0.15, 0.2) is 0 Å². The van der Waals surface area contributed by atoms with E-state index in [9.17, 15) is 4.79 Å². The Morgan fingerprint density at radius 3 is 1.83 bits per heavy atom. The molecule has 0 aromatic rings. The van der Waals surface area contributed by atoms with Gasteiger partial charge in [0.05, 0.1) is 0 Å². The van der Waals surface area contributed by atoms with Crippen molar-refractivity contribution in [1.82, 2.24) is 0 Å². The van der Waals surface area contributed by atoms with E-state index in [0.29, 0.717) is 5.78 Å². The standard InChI is InChI=1S/C22H40O/c1-21(2)19-17-15-13-11-9-7-5-4-6-8-10-12-14-16-18-20-22(3)23/h4,6,10,12,21H,5,7-9,11,13-20H2,1-3H3/b6-4-,12-10-. The van der Waals surface area contributed by atoms with Gasteiger partial charge in [-0.05, 0) is 51.4 Å². The number of Topliss-reactive ketones (excluding diaryl/α,β-unsaturated/α-hetero) is 1. The summed E-state index contributed by atoms with van der Waals surface area (Å²) < 4.78 is 0. The van der Waals surface area contributed by atoms with Gasteiger partial charge in [-0.2, -0.15) is 0 Å². The molecule has 0 aliphatic rings. The lowest BCUT2D eigenvalue weighted by molar-refractivity contribution is -0.117. The Labute approximate surface area is 145 Å². The Kier molecular flexibility index (Phi) is 16.9. The third kappa shape index (κ3) is 21.1. The van der Waals surface area contributed by atoms with Gasteiger partial charge in [0.25, 0.3) is 0 Å². The summed E-state index contributed by atoms with van der Waals surface area (Å²) in [5, 5.41) is 0. The minimum absolute atomic E-state index is 0.312. The number of allylic oxidation sites excluding steroid dienone is 4. The number of carbonyl (C=O) groups is 1. The van der Waals surface area contributed by atoms with Gasteiger partial charge in [-0.1, -0.05) is 76.7 Å². The summed E-state index contributed by atoms with van der Waals surface area (Å²) in [5.74, 6) is 1.18. The minimum atomic E-state index is 0.312. The SMILES string of the molecule is CC(=O)CCCC/C=C\C/C=C\CCCCCCCCC(C)C. The Morgan fingerprint density at radius 1 is 0.739 bits per heavy atom. The van der Waals surface area contributed by atoms with Crippen LogP contribution < -0.4 is 0 Å². The summed E-state index contributed by atoms with van der Waals surface area (Å²) in [4.78, 5) is 10.8. The molecule has 0 saturated heterocycles. The van der Waals surface area contributed by atoms with Gasteiger partial charge in [-0.3, -0.25) is 0 Å². The lowest BCUT2D eigenvalue weighted by Gasteiger charge is -2.03. The maximum Gasteiger partial charge on any atom is 0.129 e. The van der Waals surface area contributed by atoms with Crippen molar-refractivity contribution in [2.45, 2.75) is 104 Å². The molecular formula is C22H40O. The number of carbonyl (C=O) groups excluding carboxylic acids is 1. The summed E-state index contributed by atoms with van der Waals surface area (Å²) in [5.41, 5.74) is 0. The van der Waals surface area contributed by atoms with Crippen molar-refractivity contribution in [3.63, 3.8) is 0 Å². The molecule has 0 amide bonds. The maximum absolute atomic E-state index is 10.8. The molecule has 0 N–H and O–H groups in total. The van der Waals surface area contributed by atoms with Gasteiger partial charge in [-0.25, -0.2) is 0 Å². The zero-order valence-corrected chi connectivity index (χ0v) is 16.0. The third-order valence-corrected chi connectivity index (χ3v) is 4.16. The lowest BCUT2D eigenvalue weighted by Crippen LogP contribution is -1.88. The van der Waals surface area contributed by atoms with E-state index >= 15 is 0 Å². The molecule has 1 heteroatoms. The Balaban J connectivity index is 3.20. The van der Waals surface area contributed by atoms with Crippen LogP contribution in [0.3, 0.4) is 0 Å². The first-order valence-electron chi connectivity index (χ1n) is 9.92. The van der Waals surface area contributed by atoms with E-state index in [1.807, 2.05) is 0 Å². The molecule has 0 aliphatic carbocycles. The molecular weight excluding hydrogens is 280 g/mol. The highest BCUT2D eigenvalue weighted by Crippen LogP contribution is 2.12. The molecule has 0 saturated carbocycles. The zero-order chi connectivity index (χ0) is 17.2. The van der Waals surface area contributed by atoms with Crippen molar-refractivity contribution in [2.24, 2.45) is 5.92 Å². The first-order chi connectivity index (χ1) is 11.1. The Bertz CT molecular complexity index is 312. The number of hydrogen-bond donors (Lipinski definition) is 0. The van der Waals surface area contributed by atoms with Crippen LogP contribution in [0.25, 0.3) is 0 Å². The molecule has 0 atom stereocenters. The predicted octanol–water partition coefficient (Wildman–Crippen LogP) is 7.42. The van der Waals surface area contributed by atoms with Crippen LogP contribution in [0.15, 0.2) is 24.3 Å². The van der Waals surface area contributed by atoms with E-state index in [0.717, 1.165) is 38.0 Å². The van der Waals surface area contributed by atoms with Crippen molar-refractivity contribution in [1.29, 1.82) is 0 Å². The van der Waals surface area contributed by atoms with Gasteiger partial charge >= 0.3 is 0 Å². The summed E-state index contributed by atoms with van der Waals surface area (Å²) >= 11 is 0. The summed E-state index contributed by atoms with van der Waals surface area (Å²) in [7, 11) is 0.